The molecule has 0 saturated carbocycles. The van der Waals surface area contributed by atoms with Crippen molar-refractivity contribution in [2.75, 3.05) is 7.11 Å². The predicted octanol–water partition coefficient (Wildman–Crippen LogP) is 6.15. The lowest BCUT2D eigenvalue weighted by Gasteiger charge is -2.10. The monoisotopic (exact) mass is 458 g/mol. The molecule has 0 atom stereocenters. The first kappa shape index (κ1) is 20.7. The van der Waals surface area contributed by atoms with Crippen LogP contribution in [0.15, 0.2) is 91.1 Å². The Labute approximate surface area is 201 Å². The largest absolute Gasteiger partial charge is 0.497 e. The fraction of sp³-hybridized carbons (Fsp3) is 0.0345. The third-order valence-corrected chi connectivity index (χ3v) is 6.33. The smallest absolute Gasteiger partial charge is 0.249 e. The minimum absolute atomic E-state index is 0.455. The first-order valence-electron chi connectivity index (χ1n) is 11.3. The summed E-state index contributed by atoms with van der Waals surface area (Å²) in [6, 6.07) is 27.7. The van der Waals surface area contributed by atoms with Crippen LogP contribution >= 0.6 is 0 Å². The zero-order valence-corrected chi connectivity index (χ0v) is 19.0. The van der Waals surface area contributed by atoms with Crippen molar-refractivity contribution in [2.45, 2.75) is 0 Å². The fourth-order valence-corrected chi connectivity index (χ4v) is 4.57. The molecule has 170 valence electrons. The standard InChI is InChI=1S/C29H22N4O2/c1-35-20-9-6-17(7-10-20)18-8-11-25-27(15-18)33-29(32-25)24-14-19(16-26-22(24)12-13-31-26)21-4-2-3-5-23(21)28(30)34/h2-16,31H,1H3,(H2,30,34)(H,32,33). The third-order valence-electron chi connectivity index (χ3n) is 6.33. The minimum atomic E-state index is -0.455. The Morgan fingerprint density at radius 2 is 1.60 bits per heavy atom. The van der Waals surface area contributed by atoms with Gasteiger partial charge in [-0.15, -0.1) is 0 Å². The van der Waals surface area contributed by atoms with Gasteiger partial charge in [-0.05, 0) is 70.8 Å². The van der Waals surface area contributed by atoms with Crippen molar-refractivity contribution in [1.29, 1.82) is 0 Å². The Balaban J connectivity index is 1.48. The Kier molecular flexibility index (Phi) is 4.85. The molecule has 1 amide bonds. The van der Waals surface area contributed by atoms with Gasteiger partial charge in [0, 0.05) is 28.2 Å². The molecule has 0 fully saturated rings. The molecule has 6 heteroatoms. The summed E-state index contributed by atoms with van der Waals surface area (Å²) in [5, 5.41) is 1.04. The molecule has 4 N–H and O–H groups in total. The molecule has 2 heterocycles. The molecule has 2 aromatic heterocycles. The van der Waals surface area contributed by atoms with Gasteiger partial charge in [0.2, 0.25) is 5.91 Å². The number of carbonyl (C=O) groups is 1. The summed E-state index contributed by atoms with van der Waals surface area (Å²) >= 11 is 0. The summed E-state index contributed by atoms with van der Waals surface area (Å²) in [6.45, 7) is 0. The van der Waals surface area contributed by atoms with E-state index in [1.165, 1.54) is 0 Å². The molecule has 0 aliphatic carbocycles. The fourth-order valence-electron chi connectivity index (χ4n) is 4.57. The van der Waals surface area contributed by atoms with Crippen LogP contribution in [-0.4, -0.2) is 28.0 Å². The lowest BCUT2D eigenvalue weighted by Crippen LogP contribution is -2.12. The van der Waals surface area contributed by atoms with Gasteiger partial charge in [-0.3, -0.25) is 4.79 Å². The van der Waals surface area contributed by atoms with Gasteiger partial charge in [-0.1, -0.05) is 36.4 Å². The maximum atomic E-state index is 12.1. The molecular formula is C29H22N4O2. The van der Waals surface area contributed by atoms with E-state index in [4.69, 9.17) is 15.5 Å². The SMILES string of the molecule is COc1ccc(-c2ccc3nc(-c4cc(-c5ccccc5C(N)=O)cc5[nH]ccc45)[nH]c3c2)cc1. The molecular weight excluding hydrogens is 436 g/mol. The van der Waals surface area contributed by atoms with Crippen LogP contribution in [0, 0.1) is 0 Å². The molecule has 0 bridgehead atoms. The number of benzene rings is 4. The van der Waals surface area contributed by atoms with Gasteiger partial charge >= 0.3 is 0 Å². The molecule has 6 nitrogen and oxygen atoms in total. The number of nitrogens with zero attached hydrogens (tertiary/aromatic N) is 1. The van der Waals surface area contributed by atoms with Crippen LogP contribution in [-0.2, 0) is 0 Å². The number of carbonyl (C=O) groups excluding carboxylic acids is 1. The number of hydrogen-bond donors (Lipinski definition) is 3. The number of methoxy groups -OCH3 is 1. The van der Waals surface area contributed by atoms with Crippen LogP contribution in [0.4, 0.5) is 0 Å². The van der Waals surface area contributed by atoms with E-state index in [1.54, 1.807) is 13.2 Å². The molecule has 6 aromatic rings. The van der Waals surface area contributed by atoms with Crippen molar-refractivity contribution in [3.8, 4) is 39.4 Å². The Hall–Kier alpha value is -4.84. The van der Waals surface area contributed by atoms with Crippen LogP contribution in [0.5, 0.6) is 5.75 Å². The van der Waals surface area contributed by atoms with E-state index in [-0.39, 0.29) is 0 Å². The first-order chi connectivity index (χ1) is 17.1. The topological polar surface area (TPSA) is 96.8 Å². The molecule has 4 aromatic carbocycles. The van der Waals surface area contributed by atoms with Gasteiger partial charge < -0.3 is 20.4 Å². The number of amides is 1. The van der Waals surface area contributed by atoms with Crippen LogP contribution in [0.2, 0.25) is 0 Å². The maximum Gasteiger partial charge on any atom is 0.249 e. The van der Waals surface area contributed by atoms with Gasteiger partial charge in [-0.25, -0.2) is 4.98 Å². The summed E-state index contributed by atoms with van der Waals surface area (Å²) in [5.41, 5.74) is 13.7. The third kappa shape index (κ3) is 3.61. The number of hydrogen-bond acceptors (Lipinski definition) is 3. The second kappa shape index (κ2) is 8.18. The van der Waals surface area contributed by atoms with Crippen molar-refractivity contribution in [3.63, 3.8) is 0 Å². The number of ether oxygens (including phenoxy) is 1. The van der Waals surface area contributed by atoms with Crippen molar-refractivity contribution >= 4 is 27.8 Å². The minimum Gasteiger partial charge on any atom is -0.497 e. The highest BCUT2D eigenvalue weighted by molar-refractivity contribution is 6.03. The number of aromatic amines is 2. The number of nitrogens with one attached hydrogen (secondary N) is 2. The molecule has 0 aliphatic heterocycles. The molecule has 6 rings (SSSR count). The highest BCUT2D eigenvalue weighted by atomic mass is 16.5. The second-order valence-electron chi connectivity index (χ2n) is 8.42. The van der Waals surface area contributed by atoms with E-state index in [0.717, 1.165) is 61.3 Å². The van der Waals surface area contributed by atoms with E-state index >= 15 is 0 Å². The van der Waals surface area contributed by atoms with Crippen molar-refractivity contribution in [1.82, 2.24) is 15.0 Å². The zero-order chi connectivity index (χ0) is 23.9. The van der Waals surface area contributed by atoms with Crippen molar-refractivity contribution in [2.24, 2.45) is 5.73 Å². The lowest BCUT2D eigenvalue weighted by molar-refractivity contribution is 0.100. The molecule has 35 heavy (non-hydrogen) atoms. The van der Waals surface area contributed by atoms with E-state index in [9.17, 15) is 4.79 Å². The van der Waals surface area contributed by atoms with Gasteiger partial charge in [-0.2, -0.15) is 0 Å². The summed E-state index contributed by atoms with van der Waals surface area (Å²) in [7, 11) is 1.66. The molecule has 0 saturated heterocycles. The summed E-state index contributed by atoms with van der Waals surface area (Å²) in [4.78, 5) is 23.7. The van der Waals surface area contributed by atoms with Crippen molar-refractivity contribution in [3.05, 3.63) is 96.7 Å². The van der Waals surface area contributed by atoms with Crippen LogP contribution in [0.1, 0.15) is 10.4 Å². The van der Waals surface area contributed by atoms with Crippen LogP contribution < -0.4 is 10.5 Å². The molecule has 0 aliphatic rings. The summed E-state index contributed by atoms with van der Waals surface area (Å²) in [6.07, 6.45) is 1.91. The summed E-state index contributed by atoms with van der Waals surface area (Å²) in [5.74, 6) is 1.13. The first-order valence-corrected chi connectivity index (χ1v) is 11.3. The normalized spacial score (nSPS) is 11.2. The lowest BCUT2D eigenvalue weighted by atomic mass is 9.96. The van der Waals surface area contributed by atoms with Gasteiger partial charge in [0.1, 0.15) is 11.6 Å². The zero-order valence-electron chi connectivity index (χ0n) is 19.0. The van der Waals surface area contributed by atoms with Gasteiger partial charge in [0.15, 0.2) is 0 Å². The number of imidazole rings is 1. The van der Waals surface area contributed by atoms with Gasteiger partial charge in [0.25, 0.3) is 0 Å². The summed E-state index contributed by atoms with van der Waals surface area (Å²) < 4.78 is 5.27. The van der Waals surface area contributed by atoms with E-state index < -0.39 is 5.91 Å². The molecule has 0 unspecified atom stereocenters. The average molecular weight is 459 g/mol. The number of primary amides is 1. The van der Waals surface area contributed by atoms with Gasteiger partial charge in [0.05, 0.1) is 18.1 Å². The van der Waals surface area contributed by atoms with E-state index in [0.29, 0.717) is 5.56 Å². The predicted molar refractivity (Wildman–Crippen MR) is 139 cm³/mol. The highest BCUT2D eigenvalue weighted by Gasteiger charge is 2.16. The van der Waals surface area contributed by atoms with Crippen LogP contribution in [0.25, 0.3) is 55.6 Å². The van der Waals surface area contributed by atoms with Crippen molar-refractivity contribution < 1.29 is 9.53 Å². The number of fused-ring (bicyclic) bond motifs is 2. The maximum absolute atomic E-state index is 12.1. The van der Waals surface area contributed by atoms with Crippen LogP contribution in [0.3, 0.4) is 0 Å². The average Bonchev–Trinajstić information content (AvgIpc) is 3.54. The van der Waals surface area contributed by atoms with E-state index in [2.05, 4.69) is 28.2 Å². The number of rotatable bonds is 5. The Morgan fingerprint density at radius 3 is 2.40 bits per heavy atom. The molecule has 0 radical (unpaired) electrons. The Morgan fingerprint density at radius 1 is 0.829 bits per heavy atom. The number of nitrogens with two attached hydrogens (primary N) is 1. The number of aromatic nitrogens is 3. The molecule has 0 spiro atoms. The Bertz CT molecular complexity index is 1710. The highest BCUT2D eigenvalue weighted by Crippen LogP contribution is 2.35. The second-order valence-corrected chi connectivity index (χ2v) is 8.42. The number of H-pyrrole nitrogens is 2. The quantitative estimate of drug-likeness (QED) is 0.289. The van der Waals surface area contributed by atoms with E-state index in [1.807, 2.05) is 66.9 Å².